The molecule has 1 aliphatic rings. The van der Waals surface area contributed by atoms with Gasteiger partial charge < -0.3 is 4.90 Å². The van der Waals surface area contributed by atoms with Crippen LogP contribution in [-0.4, -0.2) is 59.5 Å². The minimum absolute atomic E-state index is 0.0879. The number of hydrogen-bond donors (Lipinski definition) is 0. The Bertz CT molecular complexity index is 1270. The third-order valence-electron chi connectivity index (χ3n) is 5.07. The van der Waals surface area contributed by atoms with Crippen molar-refractivity contribution in [3.63, 3.8) is 0 Å². The van der Waals surface area contributed by atoms with Gasteiger partial charge in [0.15, 0.2) is 0 Å². The zero-order chi connectivity index (χ0) is 21.3. The molecule has 2 aromatic carbocycles. The Balaban J connectivity index is 1.44. The molecule has 10 heteroatoms. The van der Waals surface area contributed by atoms with Gasteiger partial charge in [-0.2, -0.15) is 9.40 Å². The fourth-order valence-electron chi connectivity index (χ4n) is 3.42. The van der Waals surface area contributed by atoms with Gasteiger partial charge in [-0.3, -0.25) is 9.59 Å². The van der Waals surface area contributed by atoms with Crippen LogP contribution in [0.1, 0.15) is 0 Å². The summed E-state index contributed by atoms with van der Waals surface area (Å²) < 4.78 is 41.1. The van der Waals surface area contributed by atoms with E-state index >= 15 is 0 Å². The summed E-state index contributed by atoms with van der Waals surface area (Å²) in [4.78, 5) is 26.5. The zero-order valence-electron chi connectivity index (χ0n) is 15.9. The molecule has 30 heavy (non-hydrogen) atoms. The molecular weight excluding hydrogens is 411 g/mol. The number of benzene rings is 2. The first-order chi connectivity index (χ1) is 14.4. The van der Waals surface area contributed by atoms with E-state index in [9.17, 15) is 22.4 Å². The first-order valence-electron chi connectivity index (χ1n) is 9.34. The Morgan fingerprint density at radius 3 is 2.50 bits per heavy atom. The third-order valence-corrected chi connectivity index (χ3v) is 6.97. The van der Waals surface area contributed by atoms with E-state index in [1.807, 2.05) is 0 Å². The topological polar surface area (TPSA) is 92.6 Å². The second-order valence-corrected chi connectivity index (χ2v) is 8.87. The van der Waals surface area contributed by atoms with Gasteiger partial charge in [0.05, 0.1) is 16.5 Å². The Hall–Kier alpha value is -3.11. The van der Waals surface area contributed by atoms with E-state index < -0.39 is 15.8 Å². The molecule has 1 aromatic heterocycles. The SMILES string of the molecule is O=C(Cn1ncc2ccccc2c1=O)N1CCN(S(=O)(=O)c2cccc(F)c2)CC1. The second kappa shape index (κ2) is 7.96. The molecular formula is C20H19FN4O4S. The van der Waals surface area contributed by atoms with E-state index in [1.165, 1.54) is 33.6 Å². The molecule has 0 saturated carbocycles. The Kier molecular flexibility index (Phi) is 5.35. The van der Waals surface area contributed by atoms with Crippen LogP contribution in [0, 0.1) is 5.82 Å². The van der Waals surface area contributed by atoms with Crippen LogP contribution in [0.2, 0.25) is 0 Å². The van der Waals surface area contributed by atoms with Crippen molar-refractivity contribution in [1.82, 2.24) is 19.0 Å². The molecule has 8 nitrogen and oxygen atoms in total. The van der Waals surface area contributed by atoms with Gasteiger partial charge >= 0.3 is 0 Å². The van der Waals surface area contributed by atoms with E-state index in [0.29, 0.717) is 10.8 Å². The lowest BCUT2D eigenvalue weighted by molar-refractivity contribution is -0.133. The van der Waals surface area contributed by atoms with E-state index in [2.05, 4.69) is 5.10 Å². The number of nitrogens with zero attached hydrogens (tertiary/aromatic N) is 4. The summed E-state index contributed by atoms with van der Waals surface area (Å²) in [5, 5.41) is 5.23. The number of carbonyl (C=O) groups is 1. The Morgan fingerprint density at radius 1 is 1.03 bits per heavy atom. The second-order valence-electron chi connectivity index (χ2n) is 6.94. The fourth-order valence-corrected chi connectivity index (χ4v) is 4.88. The Labute approximate surface area is 172 Å². The highest BCUT2D eigenvalue weighted by Gasteiger charge is 2.30. The molecule has 0 radical (unpaired) electrons. The fraction of sp³-hybridized carbons (Fsp3) is 0.250. The van der Waals surface area contributed by atoms with Crippen LogP contribution in [-0.2, 0) is 21.4 Å². The summed E-state index contributed by atoms with van der Waals surface area (Å²) >= 11 is 0. The van der Waals surface area contributed by atoms with Crippen LogP contribution in [0.4, 0.5) is 4.39 Å². The summed E-state index contributed by atoms with van der Waals surface area (Å²) in [7, 11) is -3.84. The normalized spacial score (nSPS) is 15.4. The highest BCUT2D eigenvalue weighted by molar-refractivity contribution is 7.89. The van der Waals surface area contributed by atoms with E-state index in [1.54, 1.807) is 24.3 Å². The van der Waals surface area contributed by atoms with Gasteiger partial charge in [0.1, 0.15) is 12.4 Å². The molecule has 0 atom stereocenters. The van der Waals surface area contributed by atoms with Crippen molar-refractivity contribution in [1.29, 1.82) is 0 Å². The molecule has 0 N–H and O–H groups in total. The zero-order valence-corrected chi connectivity index (χ0v) is 16.8. The Morgan fingerprint density at radius 2 is 1.77 bits per heavy atom. The number of aromatic nitrogens is 2. The van der Waals surface area contributed by atoms with Crippen molar-refractivity contribution < 1.29 is 17.6 Å². The number of fused-ring (bicyclic) bond motifs is 1. The van der Waals surface area contributed by atoms with Crippen LogP contribution in [0.5, 0.6) is 0 Å². The maximum atomic E-state index is 13.4. The van der Waals surface area contributed by atoms with Crippen LogP contribution in [0.25, 0.3) is 10.8 Å². The standard InChI is InChI=1S/C20H19FN4O4S/c21-16-5-3-6-17(12-16)30(28,29)24-10-8-23(9-11-24)19(26)14-25-20(27)18-7-2-1-4-15(18)13-22-25/h1-7,12-13H,8-11,14H2. The van der Waals surface area contributed by atoms with Gasteiger partial charge in [-0.15, -0.1) is 0 Å². The molecule has 0 unspecified atom stereocenters. The van der Waals surface area contributed by atoms with Gasteiger partial charge in [-0.1, -0.05) is 24.3 Å². The van der Waals surface area contributed by atoms with Crippen molar-refractivity contribution in [2.24, 2.45) is 0 Å². The van der Waals surface area contributed by atoms with Gasteiger partial charge in [0.25, 0.3) is 5.56 Å². The minimum Gasteiger partial charge on any atom is -0.338 e. The summed E-state index contributed by atoms with van der Waals surface area (Å²) in [5.74, 6) is -0.944. The molecule has 1 saturated heterocycles. The first-order valence-corrected chi connectivity index (χ1v) is 10.8. The summed E-state index contributed by atoms with van der Waals surface area (Å²) in [6, 6.07) is 11.8. The largest absolute Gasteiger partial charge is 0.338 e. The van der Waals surface area contributed by atoms with Crippen LogP contribution < -0.4 is 5.56 Å². The van der Waals surface area contributed by atoms with Gasteiger partial charge in [-0.25, -0.2) is 17.5 Å². The molecule has 0 aliphatic carbocycles. The lowest BCUT2D eigenvalue weighted by Gasteiger charge is -2.34. The molecule has 3 aromatic rings. The highest BCUT2D eigenvalue weighted by atomic mass is 32.2. The predicted molar refractivity (Wildman–Crippen MR) is 108 cm³/mol. The number of sulfonamides is 1. The quantitative estimate of drug-likeness (QED) is 0.617. The lowest BCUT2D eigenvalue weighted by atomic mass is 10.2. The molecule has 4 rings (SSSR count). The monoisotopic (exact) mass is 430 g/mol. The van der Waals surface area contributed by atoms with E-state index in [4.69, 9.17) is 0 Å². The average molecular weight is 430 g/mol. The number of rotatable bonds is 4. The molecule has 0 spiro atoms. The predicted octanol–water partition coefficient (Wildman–Crippen LogP) is 1.07. The van der Waals surface area contributed by atoms with Crippen LogP contribution in [0.3, 0.4) is 0 Å². The van der Waals surface area contributed by atoms with Gasteiger partial charge in [-0.05, 0) is 24.3 Å². The average Bonchev–Trinajstić information content (AvgIpc) is 2.76. The van der Waals surface area contributed by atoms with Crippen molar-refractivity contribution >= 4 is 26.7 Å². The smallest absolute Gasteiger partial charge is 0.275 e. The van der Waals surface area contributed by atoms with Crippen molar-refractivity contribution in [2.75, 3.05) is 26.2 Å². The first kappa shape index (κ1) is 20.2. The molecule has 2 heterocycles. The summed E-state index contributed by atoms with van der Waals surface area (Å²) in [5.41, 5.74) is -0.353. The third kappa shape index (κ3) is 3.83. The van der Waals surface area contributed by atoms with Gasteiger partial charge in [0, 0.05) is 31.6 Å². The van der Waals surface area contributed by atoms with Crippen molar-refractivity contribution in [2.45, 2.75) is 11.4 Å². The van der Waals surface area contributed by atoms with Crippen molar-refractivity contribution in [3.8, 4) is 0 Å². The van der Waals surface area contributed by atoms with Crippen molar-refractivity contribution in [3.05, 3.63) is 70.9 Å². The molecule has 1 aliphatic heterocycles. The van der Waals surface area contributed by atoms with Crippen LogP contribution in [0.15, 0.2) is 64.4 Å². The summed E-state index contributed by atoms with van der Waals surface area (Å²) in [6.45, 7) is 0.307. The minimum atomic E-state index is -3.84. The number of carbonyl (C=O) groups excluding carboxylic acids is 1. The van der Waals surface area contributed by atoms with E-state index in [-0.39, 0.29) is 49.1 Å². The van der Waals surface area contributed by atoms with Crippen LogP contribution >= 0.6 is 0 Å². The number of hydrogen-bond acceptors (Lipinski definition) is 5. The highest BCUT2D eigenvalue weighted by Crippen LogP contribution is 2.18. The lowest BCUT2D eigenvalue weighted by Crippen LogP contribution is -2.51. The molecule has 0 bridgehead atoms. The number of amides is 1. The summed E-state index contributed by atoms with van der Waals surface area (Å²) in [6.07, 6.45) is 1.54. The number of halogens is 1. The molecule has 156 valence electrons. The number of piperazine rings is 1. The van der Waals surface area contributed by atoms with E-state index in [0.717, 1.165) is 10.7 Å². The molecule has 1 fully saturated rings. The maximum Gasteiger partial charge on any atom is 0.275 e. The molecule has 1 amide bonds. The van der Waals surface area contributed by atoms with Gasteiger partial charge in [0.2, 0.25) is 15.9 Å². The maximum absolute atomic E-state index is 13.4.